The van der Waals surface area contributed by atoms with E-state index < -0.39 is 5.91 Å². The number of hydrogen-bond acceptors (Lipinski definition) is 3. The topological polar surface area (TPSA) is 61.8 Å². The summed E-state index contributed by atoms with van der Waals surface area (Å²) in [7, 11) is 0. The van der Waals surface area contributed by atoms with Crippen molar-refractivity contribution in [1.82, 2.24) is 5.43 Å². The van der Waals surface area contributed by atoms with Crippen LogP contribution in [0.4, 0.5) is 5.69 Å². The fourth-order valence-corrected chi connectivity index (χ4v) is 3.55. The van der Waals surface area contributed by atoms with E-state index >= 15 is 0 Å². The van der Waals surface area contributed by atoms with Gasteiger partial charge in [-0.25, -0.2) is 5.43 Å². The third-order valence-corrected chi connectivity index (χ3v) is 4.87. The van der Waals surface area contributed by atoms with Crippen LogP contribution in [0.15, 0.2) is 59.7 Å². The lowest BCUT2D eigenvalue weighted by Crippen LogP contribution is -2.37. The number of halogens is 2. The number of nitrogens with one attached hydrogen (secondary N) is 1. The third kappa shape index (κ3) is 3.27. The maximum Gasteiger partial charge on any atom is 0.260 e. The van der Waals surface area contributed by atoms with E-state index in [9.17, 15) is 9.59 Å². The van der Waals surface area contributed by atoms with Crippen molar-refractivity contribution in [3.8, 4) is 0 Å². The zero-order valence-corrected chi connectivity index (χ0v) is 15.5. The molecule has 2 amide bonds. The molecule has 1 aliphatic rings. The predicted molar refractivity (Wildman–Crippen MR) is 108 cm³/mol. The first-order valence-corrected chi connectivity index (χ1v) is 8.91. The van der Waals surface area contributed by atoms with Gasteiger partial charge >= 0.3 is 0 Å². The minimum absolute atomic E-state index is 0.127. The molecule has 134 valence electrons. The minimum Gasteiger partial charge on any atom is -0.298 e. The largest absolute Gasteiger partial charge is 0.298 e. The number of nitrogens with zero attached hydrogens (tertiary/aromatic N) is 2. The number of benzene rings is 3. The first-order valence-electron chi connectivity index (χ1n) is 8.15. The number of carbonyl (C=O) groups is 2. The molecule has 0 unspecified atom stereocenters. The van der Waals surface area contributed by atoms with E-state index in [4.69, 9.17) is 23.2 Å². The van der Waals surface area contributed by atoms with Gasteiger partial charge in [0.2, 0.25) is 0 Å². The van der Waals surface area contributed by atoms with Crippen LogP contribution in [-0.2, 0) is 4.79 Å². The Balaban J connectivity index is 1.49. The summed E-state index contributed by atoms with van der Waals surface area (Å²) in [5.41, 5.74) is 4.38. The van der Waals surface area contributed by atoms with Crippen molar-refractivity contribution in [3.63, 3.8) is 0 Å². The van der Waals surface area contributed by atoms with E-state index in [1.54, 1.807) is 24.3 Å². The Labute approximate surface area is 165 Å². The number of amides is 2. The molecule has 1 heterocycles. The second-order valence-corrected chi connectivity index (χ2v) is 6.87. The van der Waals surface area contributed by atoms with E-state index in [0.29, 0.717) is 21.2 Å². The maximum absolute atomic E-state index is 12.7. The number of rotatable bonds is 4. The molecule has 0 saturated carbocycles. The maximum atomic E-state index is 12.7. The molecule has 3 aromatic rings. The molecular weight excluding hydrogens is 385 g/mol. The summed E-state index contributed by atoms with van der Waals surface area (Å²) < 4.78 is 0. The van der Waals surface area contributed by atoms with E-state index in [-0.39, 0.29) is 12.5 Å². The van der Waals surface area contributed by atoms with Crippen LogP contribution in [0.2, 0.25) is 10.0 Å². The molecule has 0 aliphatic carbocycles. The highest BCUT2D eigenvalue weighted by Crippen LogP contribution is 2.36. The van der Waals surface area contributed by atoms with Crippen LogP contribution in [0.3, 0.4) is 0 Å². The van der Waals surface area contributed by atoms with E-state index in [1.807, 2.05) is 30.3 Å². The Bertz CT molecular complexity index is 1110. The summed E-state index contributed by atoms with van der Waals surface area (Å²) in [6.45, 7) is -0.127. The van der Waals surface area contributed by atoms with Crippen molar-refractivity contribution >= 4 is 57.7 Å². The number of anilines is 1. The van der Waals surface area contributed by atoms with Crippen molar-refractivity contribution in [3.05, 3.63) is 75.8 Å². The third-order valence-electron chi connectivity index (χ3n) is 4.31. The molecule has 1 N–H and O–H groups in total. The Morgan fingerprint density at radius 2 is 1.89 bits per heavy atom. The molecule has 27 heavy (non-hydrogen) atoms. The molecule has 0 aromatic heterocycles. The Kier molecular flexibility index (Phi) is 4.56. The lowest BCUT2D eigenvalue weighted by Gasteiger charge is -2.16. The lowest BCUT2D eigenvalue weighted by atomic mass is 10.1. The summed E-state index contributed by atoms with van der Waals surface area (Å²) >= 11 is 11.9. The zero-order valence-electron chi connectivity index (χ0n) is 13.9. The van der Waals surface area contributed by atoms with Gasteiger partial charge in [0.15, 0.2) is 0 Å². The highest BCUT2D eigenvalue weighted by atomic mass is 35.5. The highest BCUT2D eigenvalue weighted by molar-refractivity contribution is 6.36. The summed E-state index contributed by atoms with van der Waals surface area (Å²) in [6, 6.07) is 16.2. The minimum atomic E-state index is -0.408. The average molecular weight is 398 g/mol. The molecule has 0 spiro atoms. The lowest BCUT2D eigenvalue weighted by molar-refractivity contribution is -0.119. The van der Waals surface area contributed by atoms with Crippen molar-refractivity contribution in [2.24, 2.45) is 5.10 Å². The summed E-state index contributed by atoms with van der Waals surface area (Å²) in [6.07, 6.45) is 1.43. The van der Waals surface area contributed by atoms with Crippen molar-refractivity contribution in [2.75, 3.05) is 11.4 Å². The van der Waals surface area contributed by atoms with Gasteiger partial charge in [0.05, 0.1) is 16.9 Å². The summed E-state index contributed by atoms with van der Waals surface area (Å²) in [5.74, 6) is -0.601. The molecule has 0 saturated heterocycles. The van der Waals surface area contributed by atoms with Crippen LogP contribution >= 0.6 is 23.2 Å². The van der Waals surface area contributed by atoms with Gasteiger partial charge in [0.25, 0.3) is 11.8 Å². The van der Waals surface area contributed by atoms with Crippen LogP contribution < -0.4 is 10.3 Å². The van der Waals surface area contributed by atoms with Crippen LogP contribution in [0.5, 0.6) is 0 Å². The van der Waals surface area contributed by atoms with Crippen molar-refractivity contribution < 1.29 is 9.59 Å². The standard InChI is InChI=1S/C20H13Cl2N3O2/c21-14-8-7-13(16(22)9-14)10-23-24-18(26)11-25-17-6-2-4-12-3-1-5-15(19(12)17)20(25)27/h1-10H,11H2,(H,24,26)/b23-10+. The summed E-state index contributed by atoms with van der Waals surface area (Å²) in [4.78, 5) is 26.4. The molecule has 3 aromatic carbocycles. The normalized spacial score (nSPS) is 13.0. The molecule has 0 fully saturated rings. The SMILES string of the molecule is O=C(CN1C(=O)c2cccc3cccc1c23)N/N=C/c1ccc(Cl)cc1Cl. The van der Waals surface area contributed by atoms with E-state index in [0.717, 1.165) is 16.5 Å². The Morgan fingerprint density at radius 1 is 1.11 bits per heavy atom. The second kappa shape index (κ2) is 7.02. The Morgan fingerprint density at radius 3 is 2.67 bits per heavy atom. The molecule has 0 atom stereocenters. The van der Waals surface area contributed by atoms with Crippen molar-refractivity contribution in [2.45, 2.75) is 0 Å². The first kappa shape index (κ1) is 17.5. The fraction of sp³-hybridized carbons (Fsp3) is 0.0500. The number of carbonyl (C=O) groups excluding carboxylic acids is 2. The van der Waals surface area contributed by atoms with Gasteiger partial charge in [-0.1, -0.05) is 53.5 Å². The van der Waals surface area contributed by atoms with E-state index in [2.05, 4.69) is 10.5 Å². The highest BCUT2D eigenvalue weighted by Gasteiger charge is 2.30. The smallest absolute Gasteiger partial charge is 0.260 e. The number of hydrogen-bond donors (Lipinski definition) is 1. The Hall–Kier alpha value is -2.89. The first-order chi connectivity index (χ1) is 13.0. The molecule has 0 bridgehead atoms. The van der Waals surface area contributed by atoms with Gasteiger partial charge in [-0.15, -0.1) is 0 Å². The molecular formula is C20H13Cl2N3O2. The molecule has 7 heteroatoms. The quantitative estimate of drug-likeness (QED) is 0.528. The van der Waals surface area contributed by atoms with Crippen LogP contribution in [0.25, 0.3) is 10.8 Å². The summed E-state index contributed by atoms with van der Waals surface area (Å²) in [5, 5.41) is 6.69. The van der Waals surface area contributed by atoms with Gasteiger partial charge in [-0.05, 0) is 29.7 Å². The molecule has 4 rings (SSSR count). The monoisotopic (exact) mass is 397 g/mol. The predicted octanol–water partition coefficient (Wildman–Crippen LogP) is 4.26. The number of hydrazone groups is 1. The second-order valence-electron chi connectivity index (χ2n) is 6.03. The van der Waals surface area contributed by atoms with Gasteiger partial charge in [0, 0.05) is 21.5 Å². The van der Waals surface area contributed by atoms with Gasteiger partial charge < -0.3 is 0 Å². The van der Waals surface area contributed by atoms with E-state index in [1.165, 1.54) is 11.1 Å². The molecule has 1 aliphatic heterocycles. The van der Waals surface area contributed by atoms with Crippen LogP contribution in [0.1, 0.15) is 15.9 Å². The van der Waals surface area contributed by atoms with Crippen LogP contribution in [-0.4, -0.2) is 24.6 Å². The van der Waals surface area contributed by atoms with Crippen molar-refractivity contribution in [1.29, 1.82) is 0 Å². The molecule has 5 nitrogen and oxygen atoms in total. The fourth-order valence-electron chi connectivity index (χ4n) is 3.10. The van der Waals surface area contributed by atoms with Gasteiger partial charge in [-0.2, -0.15) is 5.10 Å². The van der Waals surface area contributed by atoms with Gasteiger partial charge in [-0.3, -0.25) is 14.5 Å². The average Bonchev–Trinajstić information content (AvgIpc) is 2.92. The molecule has 0 radical (unpaired) electrons. The van der Waals surface area contributed by atoms with Crippen LogP contribution in [0, 0.1) is 0 Å². The van der Waals surface area contributed by atoms with Gasteiger partial charge in [0.1, 0.15) is 6.54 Å². The zero-order chi connectivity index (χ0) is 19.0.